The van der Waals surface area contributed by atoms with Gasteiger partial charge in [0.2, 0.25) is 11.8 Å². The van der Waals surface area contributed by atoms with Gasteiger partial charge in [-0.25, -0.2) is 0 Å². The van der Waals surface area contributed by atoms with Crippen LogP contribution in [0.4, 0.5) is 18.9 Å². The topological polar surface area (TPSA) is 49.4 Å². The summed E-state index contributed by atoms with van der Waals surface area (Å²) >= 11 is 0. The Morgan fingerprint density at radius 1 is 1.00 bits per heavy atom. The Bertz CT molecular complexity index is 769. The van der Waals surface area contributed by atoms with Gasteiger partial charge in [-0.2, -0.15) is 13.2 Å². The number of nitrogens with zero attached hydrogens (tertiary/aromatic N) is 1. The van der Waals surface area contributed by atoms with Crippen LogP contribution >= 0.6 is 0 Å². The SMILES string of the molecule is CC(=O)N(CC(=O)Nc1ccc(C(F)(F)F)cc1)Cc1ccc(C)cc1. The van der Waals surface area contributed by atoms with E-state index in [1.54, 1.807) is 0 Å². The molecular weight excluding hydrogens is 345 g/mol. The summed E-state index contributed by atoms with van der Waals surface area (Å²) in [7, 11) is 0. The standard InChI is InChI=1S/C19H19F3N2O2/c1-13-3-5-15(6-4-13)11-24(14(2)25)12-18(26)23-17-9-7-16(8-10-17)19(20,21)22/h3-10H,11-12H2,1-2H3,(H,23,26). The number of carbonyl (C=O) groups is 2. The van der Waals surface area contributed by atoms with Crippen molar-refractivity contribution < 1.29 is 22.8 Å². The summed E-state index contributed by atoms with van der Waals surface area (Å²) in [5.74, 6) is -0.750. The number of hydrogen-bond donors (Lipinski definition) is 1. The molecule has 26 heavy (non-hydrogen) atoms. The molecule has 1 N–H and O–H groups in total. The van der Waals surface area contributed by atoms with Gasteiger partial charge >= 0.3 is 6.18 Å². The zero-order valence-electron chi connectivity index (χ0n) is 14.4. The van der Waals surface area contributed by atoms with Crippen LogP contribution in [0.5, 0.6) is 0 Å². The molecule has 2 aromatic rings. The van der Waals surface area contributed by atoms with Gasteiger partial charge in [-0.3, -0.25) is 9.59 Å². The third kappa shape index (κ3) is 5.61. The summed E-state index contributed by atoms with van der Waals surface area (Å²) in [5, 5.41) is 2.50. The highest BCUT2D eigenvalue weighted by atomic mass is 19.4. The van der Waals surface area contributed by atoms with E-state index in [1.807, 2.05) is 31.2 Å². The Balaban J connectivity index is 1.99. The molecule has 7 heteroatoms. The summed E-state index contributed by atoms with van der Waals surface area (Å²) < 4.78 is 37.6. The normalized spacial score (nSPS) is 11.1. The van der Waals surface area contributed by atoms with Gasteiger partial charge in [0.15, 0.2) is 0 Å². The van der Waals surface area contributed by atoms with Crippen LogP contribution in [0, 0.1) is 6.92 Å². The quantitative estimate of drug-likeness (QED) is 0.872. The van der Waals surface area contributed by atoms with Crippen molar-refractivity contribution in [2.45, 2.75) is 26.6 Å². The molecule has 0 saturated carbocycles. The minimum Gasteiger partial charge on any atom is -0.329 e. The molecule has 0 aromatic heterocycles. The maximum Gasteiger partial charge on any atom is 0.416 e. The highest BCUT2D eigenvalue weighted by Crippen LogP contribution is 2.29. The molecule has 0 fully saturated rings. The first-order valence-electron chi connectivity index (χ1n) is 7.93. The minimum atomic E-state index is -4.43. The Hall–Kier alpha value is -2.83. The largest absolute Gasteiger partial charge is 0.416 e. The van der Waals surface area contributed by atoms with Crippen LogP contribution in [0.3, 0.4) is 0 Å². The van der Waals surface area contributed by atoms with E-state index in [4.69, 9.17) is 0 Å². The van der Waals surface area contributed by atoms with E-state index in [9.17, 15) is 22.8 Å². The van der Waals surface area contributed by atoms with E-state index in [-0.39, 0.29) is 24.7 Å². The number of nitrogens with one attached hydrogen (secondary N) is 1. The Kier molecular flexibility index (Phi) is 6.02. The third-order valence-electron chi connectivity index (χ3n) is 3.77. The molecule has 2 rings (SSSR count). The van der Waals surface area contributed by atoms with E-state index in [1.165, 1.54) is 24.0 Å². The zero-order valence-corrected chi connectivity index (χ0v) is 14.4. The van der Waals surface area contributed by atoms with Gasteiger partial charge in [-0.15, -0.1) is 0 Å². The first kappa shape index (κ1) is 19.5. The number of aryl methyl sites for hydroxylation is 1. The van der Waals surface area contributed by atoms with Crippen molar-refractivity contribution in [3.8, 4) is 0 Å². The average Bonchev–Trinajstić information content (AvgIpc) is 2.55. The maximum absolute atomic E-state index is 12.5. The number of carbonyl (C=O) groups excluding carboxylic acids is 2. The van der Waals surface area contributed by atoms with Crippen LogP contribution in [0.25, 0.3) is 0 Å². The lowest BCUT2D eigenvalue weighted by atomic mass is 10.1. The first-order valence-corrected chi connectivity index (χ1v) is 7.93. The van der Waals surface area contributed by atoms with Gasteiger partial charge in [-0.1, -0.05) is 29.8 Å². The Morgan fingerprint density at radius 2 is 1.58 bits per heavy atom. The smallest absolute Gasteiger partial charge is 0.329 e. The fourth-order valence-corrected chi connectivity index (χ4v) is 2.31. The van der Waals surface area contributed by atoms with Crippen LogP contribution in [0.1, 0.15) is 23.6 Å². The van der Waals surface area contributed by atoms with E-state index in [0.29, 0.717) is 0 Å². The monoisotopic (exact) mass is 364 g/mol. The van der Waals surface area contributed by atoms with Gasteiger partial charge in [0.05, 0.1) is 5.56 Å². The van der Waals surface area contributed by atoms with Crippen LogP contribution < -0.4 is 5.32 Å². The zero-order chi connectivity index (χ0) is 19.3. The van der Waals surface area contributed by atoms with E-state index >= 15 is 0 Å². The fourth-order valence-electron chi connectivity index (χ4n) is 2.31. The molecule has 0 spiro atoms. The number of rotatable bonds is 5. The summed E-state index contributed by atoms with van der Waals surface area (Å²) in [6.45, 7) is 3.39. The van der Waals surface area contributed by atoms with Crippen LogP contribution in [-0.2, 0) is 22.3 Å². The number of alkyl halides is 3. The van der Waals surface area contributed by atoms with Crippen molar-refractivity contribution in [1.82, 2.24) is 4.90 Å². The molecule has 0 aliphatic carbocycles. The molecule has 0 unspecified atom stereocenters. The Labute approximate surface area is 149 Å². The third-order valence-corrected chi connectivity index (χ3v) is 3.77. The summed E-state index contributed by atoms with van der Waals surface area (Å²) in [4.78, 5) is 25.3. The second-order valence-corrected chi connectivity index (χ2v) is 5.98. The van der Waals surface area contributed by atoms with Crippen molar-refractivity contribution in [3.63, 3.8) is 0 Å². The van der Waals surface area contributed by atoms with Crippen LogP contribution in [0.15, 0.2) is 48.5 Å². The number of amides is 2. The fraction of sp³-hybridized carbons (Fsp3) is 0.263. The number of benzene rings is 2. The maximum atomic E-state index is 12.5. The van der Waals surface area contributed by atoms with Gasteiger partial charge in [0.1, 0.15) is 6.54 Å². The Morgan fingerprint density at radius 3 is 2.08 bits per heavy atom. The molecule has 0 heterocycles. The van der Waals surface area contributed by atoms with E-state index in [0.717, 1.165) is 23.3 Å². The number of anilines is 1. The molecular formula is C19H19F3N2O2. The summed E-state index contributed by atoms with van der Waals surface area (Å²) in [5.41, 5.74) is 1.42. The predicted molar refractivity (Wildman–Crippen MR) is 92.3 cm³/mol. The molecule has 138 valence electrons. The van der Waals surface area contributed by atoms with Crippen molar-refractivity contribution in [2.75, 3.05) is 11.9 Å². The highest BCUT2D eigenvalue weighted by Gasteiger charge is 2.30. The van der Waals surface area contributed by atoms with Crippen molar-refractivity contribution >= 4 is 17.5 Å². The summed E-state index contributed by atoms with van der Waals surface area (Å²) in [6, 6.07) is 11.7. The van der Waals surface area contributed by atoms with E-state index < -0.39 is 17.6 Å². The van der Waals surface area contributed by atoms with Crippen molar-refractivity contribution in [2.24, 2.45) is 0 Å². The number of halogens is 3. The predicted octanol–water partition coefficient (Wildman–Crippen LogP) is 4.00. The molecule has 4 nitrogen and oxygen atoms in total. The molecule has 0 saturated heterocycles. The van der Waals surface area contributed by atoms with Gasteiger partial charge < -0.3 is 10.2 Å². The summed E-state index contributed by atoms with van der Waals surface area (Å²) in [6.07, 6.45) is -4.43. The lowest BCUT2D eigenvalue weighted by molar-refractivity contribution is -0.137. The van der Waals surface area contributed by atoms with Gasteiger partial charge in [-0.05, 0) is 36.8 Å². The van der Waals surface area contributed by atoms with Crippen LogP contribution in [-0.4, -0.2) is 23.3 Å². The molecule has 0 radical (unpaired) electrons. The average molecular weight is 364 g/mol. The molecule has 0 bridgehead atoms. The second kappa shape index (κ2) is 8.03. The highest BCUT2D eigenvalue weighted by molar-refractivity contribution is 5.94. The van der Waals surface area contributed by atoms with Crippen molar-refractivity contribution in [1.29, 1.82) is 0 Å². The van der Waals surface area contributed by atoms with Gasteiger partial charge in [0.25, 0.3) is 0 Å². The second-order valence-electron chi connectivity index (χ2n) is 5.98. The molecule has 2 amide bonds. The lowest BCUT2D eigenvalue weighted by Crippen LogP contribution is -2.36. The molecule has 0 aliphatic heterocycles. The molecule has 0 atom stereocenters. The lowest BCUT2D eigenvalue weighted by Gasteiger charge is -2.21. The van der Waals surface area contributed by atoms with Crippen LogP contribution in [0.2, 0.25) is 0 Å². The van der Waals surface area contributed by atoms with Gasteiger partial charge in [0, 0.05) is 19.2 Å². The number of hydrogen-bond acceptors (Lipinski definition) is 2. The molecule has 2 aromatic carbocycles. The minimum absolute atomic E-state index is 0.190. The molecule has 0 aliphatic rings. The van der Waals surface area contributed by atoms with E-state index in [2.05, 4.69) is 5.32 Å². The first-order chi connectivity index (χ1) is 12.1. The van der Waals surface area contributed by atoms with Crippen molar-refractivity contribution in [3.05, 3.63) is 65.2 Å².